The van der Waals surface area contributed by atoms with Gasteiger partial charge in [0.15, 0.2) is 0 Å². The van der Waals surface area contributed by atoms with E-state index < -0.39 is 18.2 Å². The molecule has 0 aliphatic carbocycles. The largest absolute Gasteiger partial charge is 0.147 e. The molecule has 0 saturated carbocycles. The fourth-order valence-corrected chi connectivity index (χ4v) is 7.78. The Hall–Kier alpha value is -1.62. The molecule has 0 saturated heterocycles. The molecule has 1 heterocycles. The Balaban J connectivity index is 0.00000241. The predicted octanol–water partition coefficient (Wildman–Crippen LogP) is 9.71. The SMILES string of the molecule is Cc1ccc([O][Ti](=[CH]c2scc3ccccc23)[O]c2ccc(C)cc2C(C)(C)C)c(C(C)(C)C)c1.Cl.Cl. The zero-order chi connectivity index (χ0) is 25.4. The van der Waals surface area contributed by atoms with E-state index in [0.29, 0.717) is 0 Å². The second kappa shape index (κ2) is 12.5. The van der Waals surface area contributed by atoms with Gasteiger partial charge < -0.3 is 0 Å². The summed E-state index contributed by atoms with van der Waals surface area (Å²) in [4.78, 5) is 1.23. The van der Waals surface area contributed by atoms with E-state index in [-0.39, 0.29) is 35.6 Å². The van der Waals surface area contributed by atoms with Crippen molar-refractivity contribution in [1.29, 1.82) is 0 Å². The topological polar surface area (TPSA) is 18.5 Å². The molecule has 37 heavy (non-hydrogen) atoms. The minimum Gasteiger partial charge on any atom is -0.147 e. The number of hydrogen-bond donors (Lipinski definition) is 0. The molecule has 0 unspecified atom stereocenters. The van der Waals surface area contributed by atoms with E-state index in [2.05, 4.69) is 126 Å². The molecule has 0 amide bonds. The van der Waals surface area contributed by atoms with Gasteiger partial charge in [-0.1, -0.05) is 0 Å². The molecule has 0 aliphatic rings. The first-order valence-corrected chi connectivity index (χ1v) is 15.2. The molecule has 0 fully saturated rings. The van der Waals surface area contributed by atoms with Crippen LogP contribution >= 0.6 is 36.2 Å². The van der Waals surface area contributed by atoms with Crippen LogP contribution in [0.3, 0.4) is 0 Å². The van der Waals surface area contributed by atoms with E-state index in [1.165, 1.54) is 37.9 Å². The molecule has 0 bridgehead atoms. The van der Waals surface area contributed by atoms with Crippen LogP contribution in [0.1, 0.15) is 68.7 Å². The van der Waals surface area contributed by atoms with Gasteiger partial charge in [0, 0.05) is 0 Å². The van der Waals surface area contributed by atoms with Gasteiger partial charge in [0.1, 0.15) is 0 Å². The average Bonchev–Trinajstić information content (AvgIpc) is 3.17. The van der Waals surface area contributed by atoms with Gasteiger partial charge >= 0.3 is 222 Å². The predicted molar refractivity (Wildman–Crippen MR) is 163 cm³/mol. The molecule has 198 valence electrons. The zero-order valence-corrected chi connectivity index (χ0v) is 27.0. The van der Waals surface area contributed by atoms with Crippen molar-refractivity contribution in [2.75, 3.05) is 0 Å². The average molecular weight is 593 g/mol. The molecule has 0 atom stereocenters. The van der Waals surface area contributed by atoms with E-state index in [9.17, 15) is 0 Å². The Morgan fingerprint density at radius 3 is 1.68 bits per heavy atom. The molecule has 2 nitrogen and oxygen atoms in total. The minimum absolute atomic E-state index is 0. The molecule has 6 heteroatoms. The van der Waals surface area contributed by atoms with Crippen molar-refractivity contribution in [3.05, 3.63) is 93.2 Å². The van der Waals surface area contributed by atoms with E-state index in [0.717, 1.165) is 11.5 Å². The summed E-state index contributed by atoms with van der Waals surface area (Å²) in [6.07, 6.45) is 0. The van der Waals surface area contributed by atoms with E-state index >= 15 is 0 Å². The van der Waals surface area contributed by atoms with Crippen molar-refractivity contribution < 1.29 is 24.8 Å². The summed E-state index contributed by atoms with van der Waals surface area (Å²) in [7, 11) is 0. The quantitative estimate of drug-likeness (QED) is 0.215. The number of fused-ring (bicyclic) bond motifs is 1. The number of rotatable bonds is 5. The standard InChI is InChI=1S/2C11H16O.C9H6S.2ClH.Ti/c2*1-8-5-6-10(12)9(7-8)11(2,3)4;1-7-9-5-3-2-4-8(9)6-10-7;;;/h2*5-7,12H,1-4H3;1-6H;2*1H;/q;;;;;+2/p-2. The van der Waals surface area contributed by atoms with Gasteiger partial charge in [0.05, 0.1) is 0 Å². The van der Waals surface area contributed by atoms with Crippen LogP contribution in [0, 0.1) is 13.8 Å². The van der Waals surface area contributed by atoms with Crippen LogP contribution in [0.15, 0.2) is 66.0 Å². The summed E-state index contributed by atoms with van der Waals surface area (Å²) in [6.45, 7) is 17.7. The molecular formula is C31H38Cl2O2STi. The van der Waals surface area contributed by atoms with Crippen molar-refractivity contribution in [3.8, 4) is 11.5 Å². The van der Waals surface area contributed by atoms with E-state index in [1.54, 1.807) is 11.3 Å². The van der Waals surface area contributed by atoms with Gasteiger partial charge in [0.2, 0.25) is 0 Å². The second-order valence-corrected chi connectivity index (χ2v) is 14.3. The maximum Gasteiger partial charge on any atom is -0.147 e. The molecule has 0 radical (unpaired) electrons. The van der Waals surface area contributed by atoms with Crippen LogP contribution in [-0.4, -0.2) is 4.31 Å². The van der Waals surface area contributed by atoms with Crippen LogP contribution < -0.4 is 6.64 Å². The molecule has 3 aromatic carbocycles. The number of aryl methyl sites for hydroxylation is 2. The van der Waals surface area contributed by atoms with E-state index in [1.807, 2.05) is 0 Å². The first-order valence-electron chi connectivity index (χ1n) is 12.2. The van der Waals surface area contributed by atoms with Gasteiger partial charge in [-0.15, -0.1) is 24.8 Å². The molecule has 0 spiro atoms. The van der Waals surface area contributed by atoms with Gasteiger partial charge in [-0.05, 0) is 0 Å². The van der Waals surface area contributed by atoms with Crippen molar-refractivity contribution >= 4 is 51.2 Å². The Morgan fingerprint density at radius 2 is 1.19 bits per heavy atom. The normalized spacial score (nSPS) is 11.4. The summed E-state index contributed by atoms with van der Waals surface area (Å²) < 4.78 is 16.0. The van der Waals surface area contributed by atoms with Crippen LogP contribution in [0.5, 0.6) is 11.5 Å². The van der Waals surface area contributed by atoms with Gasteiger partial charge in [-0.25, -0.2) is 0 Å². The number of hydrogen-bond acceptors (Lipinski definition) is 3. The van der Waals surface area contributed by atoms with Gasteiger partial charge in [-0.3, -0.25) is 0 Å². The third-order valence-electron chi connectivity index (χ3n) is 6.10. The maximum atomic E-state index is 6.85. The Morgan fingerprint density at radius 1 is 0.703 bits per heavy atom. The smallest absolute Gasteiger partial charge is 0.147 e. The molecule has 4 aromatic rings. The first-order chi connectivity index (χ1) is 16.4. The number of benzene rings is 3. The third kappa shape index (κ3) is 7.71. The third-order valence-corrected chi connectivity index (χ3v) is 9.52. The van der Waals surface area contributed by atoms with E-state index in [4.69, 9.17) is 6.64 Å². The Bertz CT molecular complexity index is 1330. The fraction of sp³-hybridized carbons (Fsp3) is 0.323. The molecule has 0 N–H and O–H groups in total. The van der Waals surface area contributed by atoms with Crippen LogP contribution in [-0.2, 0) is 29.0 Å². The molecular weight excluding hydrogens is 555 g/mol. The van der Waals surface area contributed by atoms with Crippen LogP contribution in [0.25, 0.3) is 10.8 Å². The summed E-state index contributed by atoms with van der Waals surface area (Å²) in [5.74, 6) is 1.86. The van der Waals surface area contributed by atoms with Crippen molar-refractivity contribution in [2.45, 2.75) is 66.2 Å². The van der Waals surface area contributed by atoms with Gasteiger partial charge in [0.25, 0.3) is 0 Å². The summed E-state index contributed by atoms with van der Waals surface area (Å²) >= 11 is -0.921. The molecule has 0 aliphatic heterocycles. The summed E-state index contributed by atoms with van der Waals surface area (Å²) in [5, 5.41) is 4.74. The van der Waals surface area contributed by atoms with Crippen LogP contribution in [0.4, 0.5) is 0 Å². The fourth-order valence-electron chi connectivity index (χ4n) is 4.17. The monoisotopic (exact) mass is 592 g/mol. The van der Waals surface area contributed by atoms with Gasteiger partial charge in [-0.2, -0.15) is 0 Å². The van der Waals surface area contributed by atoms with Crippen LogP contribution in [0.2, 0.25) is 0 Å². The molecule has 4 rings (SSSR count). The second-order valence-electron chi connectivity index (χ2n) is 11.4. The number of halogens is 2. The first kappa shape index (κ1) is 31.6. The minimum atomic E-state index is -2.68. The Labute approximate surface area is 245 Å². The van der Waals surface area contributed by atoms with Crippen molar-refractivity contribution in [1.82, 2.24) is 0 Å². The maximum absolute atomic E-state index is 6.85. The van der Waals surface area contributed by atoms with Crippen molar-refractivity contribution in [3.63, 3.8) is 0 Å². The molecule has 1 aromatic heterocycles. The zero-order valence-electron chi connectivity index (χ0n) is 23.0. The number of thiophene rings is 1. The summed E-state index contributed by atoms with van der Waals surface area (Å²) in [5.41, 5.74) is 4.87. The Kier molecular flexibility index (Phi) is 10.7. The van der Waals surface area contributed by atoms with Crippen molar-refractivity contribution in [2.24, 2.45) is 0 Å². The summed E-state index contributed by atoms with van der Waals surface area (Å²) in [6, 6.07) is 21.5.